The van der Waals surface area contributed by atoms with Gasteiger partial charge in [0.25, 0.3) is 0 Å². The molecule has 3 nitrogen and oxygen atoms in total. The van der Waals surface area contributed by atoms with Gasteiger partial charge in [-0.25, -0.2) is 0 Å². The van der Waals surface area contributed by atoms with Crippen molar-refractivity contribution < 1.29 is 0 Å². The van der Waals surface area contributed by atoms with Crippen LogP contribution in [0.3, 0.4) is 0 Å². The van der Waals surface area contributed by atoms with Crippen molar-refractivity contribution in [3.05, 3.63) is 24.0 Å². The highest BCUT2D eigenvalue weighted by atomic mass is 15.1. The summed E-state index contributed by atoms with van der Waals surface area (Å²) in [5, 5.41) is 3.48. The van der Waals surface area contributed by atoms with Crippen molar-refractivity contribution in [1.82, 2.24) is 10.3 Å². The molecule has 1 saturated heterocycles. The summed E-state index contributed by atoms with van der Waals surface area (Å²) in [5.41, 5.74) is 2.71. The number of pyridine rings is 1. The first-order valence-electron chi connectivity index (χ1n) is 7.19. The maximum Gasteiger partial charge on any atom is 0.0442 e. The second-order valence-electron chi connectivity index (χ2n) is 5.37. The molecule has 0 aliphatic carbocycles. The largest absolute Gasteiger partial charge is 0.371 e. The minimum absolute atomic E-state index is 0.809. The molecule has 2 heterocycles. The normalized spacial score (nSPS) is 20.1. The molecular formula is C15H25N3. The van der Waals surface area contributed by atoms with E-state index >= 15 is 0 Å². The minimum Gasteiger partial charge on any atom is -0.371 e. The molecule has 3 heteroatoms. The van der Waals surface area contributed by atoms with Crippen LogP contribution in [0.4, 0.5) is 5.69 Å². The molecule has 1 atom stereocenters. The predicted molar refractivity (Wildman–Crippen MR) is 76.8 cm³/mol. The zero-order valence-corrected chi connectivity index (χ0v) is 11.7. The maximum absolute atomic E-state index is 4.27. The lowest BCUT2D eigenvalue weighted by molar-refractivity contribution is 0.445. The van der Waals surface area contributed by atoms with Crippen LogP contribution in [0.1, 0.15) is 38.7 Å². The highest BCUT2D eigenvalue weighted by Crippen LogP contribution is 2.25. The van der Waals surface area contributed by atoms with Gasteiger partial charge >= 0.3 is 0 Å². The summed E-state index contributed by atoms with van der Waals surface area (Å²) in [6.45, 7) is 8.93. The number of piperidine rings is 1. The molecule has 1 N–H and O–H groups in total. The smallest absolute Gasteiger partial charge is 0.0442 e. The van der Waals surface area contributed by atoms with Gasteiger partial charge in [-0.05, 0) is 37.8 Å². The Hall–Kier alpha value is -1.09. The number of anilines is 1. The Labute approximate surface area is 111 Å². The van der Waals surface area contributed by atoms with E-state index in [4.69, 9.17) is 0 Å². The number of rotatable bonds is 5. The molecule has 18 heavy (non-hydrogen) atoms. The van der Waals surface area contributed by atoms with Gasteiger partial charge in [-0.3, -0.25) is 4.98 Å². The summed E-state index contributed by atoms with van der Waals surface area (Å²) in [5.74, 6) is 0.809. The molecule has 100 valence electrons. The van der Waals surface area contributed by atoms with E-state index in [1.807, 2.05) is 12.4 Å². The quantitative estimate of drug-likeness (QED) is 0.811. The Kier molecular flexibility index (Phi) is 5.00. The van der Waals surface area contributed by atoms with Crippen molar-refractivity contribution in [3.8, 4) is 0 Å². The Morgan fingerprint density at radius 1 is 1.50 bits per heavy atom. The van der Waals surface area contributed by atoms with Gasteiger partial charge < -0.3 is 10.2 Å². The SMILES string of the molecule is CCCNCc1cnccc1N1CCCC(C)C1. The number of nitrogens with zero attached hydrogens (tertiary/aromatic N) is 2. The summed E-state index contributed by atoms with van der Waals surface area (Å²) < 4.78 is 0. The van der Waals surface area contributed by atoms with Crippen molar-refractivity contribution in [2.45, 2.75) is 39.7 Å². The highest BCUT2D eigenvalue weighted by Gasteiger charge is 2.18. The van der Waals surface area contributed by atoms with Crippen LogP contribution in [0.2, 0.25) is 0 Å². The first-order chi connectivity index (χ1) is 8.81. The first-order valence-corrected chi connectivity index (χ1v) is 7.19. The molecule has 2 rings (SSSR count). The Morgan fingerprint density at radius 3 is 3.17 bits per heavy atom. The van der Waals surface area contributed by atoms with Crippen LogP contribution in [0.25, 0.3) is 0 Å². The zero-order chi connectivity index (χ0) is 12.8. The van der Waals surface area contributed by atoms with Gasteiger partial charge in [0, 0.05) is 43.3 Å². The summed E-state index contributed by atoms with van der Waals surface area (Å²) in [6, 6.07) is 2.17. The molecule has 0 radical (unpaired) electrons. The van der Waals surface area contributed by atoms with E-state index in [1.165, 1.54) is 43.6 Å². The summed E-state index contributed by atoms with van der Waals surface area (Å²) >= 11 is 0. The average molecular weight is 247 g/mol. The molecule has 0 bridgehead atoms. The van der Waals surface area contributed by atoms with E-state index in [0.717, 1.165) is 19.0 Å². The topological polar surface area (TPSA) is 28.2 Å². The summed E-state index contributed by atoms with van der Waals surface area (Å²) in [4.78, 5) is 6.80. The van der Waals surface area contributed by atoms with Crippen molar-refractivity contribution in [1.29, 1.82) is 0 Å². The van der Waals surface area contributed by atoms with Crippen molar-refractivity contribution in [3.63, 3.8) is 0 Å². The Bertz CT molecular complexity index is 365. The monoisotopic (exact) mass is 247 g/mol. The van der Waals surface area contributed by atoms with Gasteiger partial charge in [0.15, 0.2) is 0 Å². The van der Waals surface area contributed by atoms with Crippen LogP contribution in [-0.4, -0.2) is 24.6 Å². The van der Waals surface area contributed by atoms with E-state index in [0.29, 0.717) is 0 Å². The summed E-state index contributed by atoms with van der Waals surface area (Å²) in [7, 11) is 0. The van der Waals surface area contributed by atoms with Crippen LogP contribution >= 0.6 is 0 Å². The standard InChI is InChI=1S/C15H25N3/c1-3-7-16-10-14-11-17-8-6-15(14)18-9-4-5-13(2)12-18/h6,8,11,13,16H,3-5,7,9-10,12H2,1-2H3. The lowest BCUT2D eigenvalue weighted by Gasteiger charge is -2.34. The van der Waals surface area contributed by atoms with Gasteiger partial charge in [0.1, 0.15) is 0 Å². The second-order valence-corrected chi connectivity index (χ2v) is 5.37. The molecule has 0 spiro atoms. The predicted octanol–water partition coefficient (Wildman–Crippen LogP) is 2.82. The van der Waals surface area contributed by atoms with E-state index in [1.54, 1.807) is 0 Å². The zero-order valence-electron chi connectivity index (χ0n) is 11.7. The third-order valence-corrected chi connectivity index (χ3v) is 3.62. The molecule has 1 aliphatic heterocycles. The minimum atomic E-state index is 0.809. The third-order valence-electron chi connectivity index (χ3n) is 3.62. The van der Waals surface area contributed by atoms with Crippen molar-refractivity contribution in [2.75, 3.05) is 24.5 Å². The van der Waals surface area contributed by atoms with Crippen LogP contribution in [-0.2, 0) is 6.54 Å². The van der Waals surface area contributed by atoms with Crippen molar-refractivity contribution in [2.24, 2.45) is 5.92 Å². The van der Waals surface area contributed by atoms with Gasteiger partial charge in [0.05, 0.1) is 0 Å². The number of hydrogen-bond donors (Lipinski definition) is 1. The molecule has 1 aliphatic rings. The van der Waals surface area contributed by atoms with E-state index < -0.39 is 0 Å². The van der Waals surface area contributed by atoms with E-state index in [9.17, 15) is 0 Å². The van der Waals surface area contributed by atoms with Crippen LogP contribution in [0, 0.1) is 5.92 Å². The van der Waals surface area contributed by atoms with Crippen LogP contribution in [0.5, 0.6) is 0 Å². The Balaban J connectivity index is 2.06. The number of hydrogen-bond acceptors (Lipinski definition) is 3. The first kappa shape index (κ1) is 13.3. The Morgan fingerprint density at radius 2 is 2.39 bits per heavy atom. The van der Waals surface area contributed by atoms with Gasteiger partial charge in [-0.15, -0.1) is 0 Å². The number of aromatic nitrogens is 1. The average Bonchev–Trinajstić information content (AvgIpc) is 2.40. The van der Waals surface area contributed by atoms with Gasteiger partial charge in [-0.1, -0.05) is 13.8 Å². The molecule has 1 aromatic heterocycles. The van der Waals surface area contributed by atoms with Gasteiger partial charge in [-0.2, -0.15) is 0 Å². The molecule has 1 aromatic rings. The third kappa shape index (κ3) is 3.45. The van der Waals surface area contributed by atoms with E-state index in [2.05, 4.69) is 35.1 Å². The van der Waals surface area contributed by atoms with Crippen LogP contribution in [0.15, 0.2) is 18.5 Å². The molecule has 0 aromatic carbocycles. The van der Waals surface area contributed by atoms with Crippen LogP contribution < -0.4 is 10.2 Å². The fraction of sp³-hybridized carbons (Fsp3) is 0.667. The lowest BCUT2D eigenvalue weighted by atomic mass is 9.99. The molecule has 1 fully saturated rings. The molecule has 1 unspecified atom stereocenters. The maximum atomic E-state index is 4.27. The molecule has 0 saturated carbocycles. The molecule has 0 amide bonds. The summed E-state index contributed by atoms with van der Waals surface area (Å²) in [6.07, 6.45) is 7.78. The second kappa shape index (κ2) is 6.74. The van der Waals surface area contributed by atoms with Crippen molar-refractivity contribution >= 4 is 5.69 Å². The number of nitrogens with one attached hydrogen (secondary N) is 1. The fourth-order valence-corrected chi connectivity index (χ4v) is 2.67. The fourth-order valence-electron chi connectivity index (χ4n) is 2.67. The lowest BCUT2D eigenvalue weighted by Crippen LogP contribution is -2.35. The van der Waals surface area contributed by atoms with E-state index in [-0.39, 0.29) is 0 Å². The van der Waals surface area contributed by atoms with Gasteiger partial charge in [0.2, 0.25) is 0 Å². The molecular weight excluding hydrogens is 222 g/mol. The highest BCUT2D eigenvalue weighted by molar-refractivity contribution is 5.52.